The number of aromatic nitrogens is 1. The first kappa shape index (κ1) is 19.9. The fraction of sp³-hybridized carbons (Fsp3) is 0.250. The van der Waals surface area contributed by atoms with Crippen molar-refractivity contribution >= 4 is 6.29 Å². The number of rotatable bonds is 2. The van der Waals surface area contributed by atoms with Gasteiger partial charge in [-0.2, -0.15) is 0 Å². The van der Waals surface area contributed by atoms with Gasteiger partial charge in [0.2, 0.25) is 0 Å². The van der Waals surface area contributed by atoms with Crippen molar-refractivity contribution in [1.29, 1.82) is 0 Å². The van der Waals surface area contributed by atoms with Gasteiger partial charge >= 0.3 is 19.5 Å². The van der Waals surface area contributed by atoms with Crippen molar-refractivity contribution < 1.29 is 78.0 Å². The molecule has 0 aliphatic heterocycles. The Balaban J connectivity index is -0.000000333. The quantitative estimate of drug-likeness (QED) is 0.467. The van der Waals surface area contributed by atoms with Crippen LogP contribution in [0.3, 0.4) is 0 Å². The van der Waals surface area contributed by atoms with Gasteiger partial charge in [-0.05, 0) is 0 Å². The van der Waals surface area contributed by atoms with Crippen LogP contribution in [0.1, 0.15) is 17.0 Å². The summed E-state index contributed by atoms with van der Waals surface area (Å²) in [6, 6.07) is 2.91. The van der Waals surface area contributed by atoms with Crippen LogP contribution in [0.4, 0.5) is 0 Å². The van der Waals surface area contributed by atoms with Crippen LogP contribution in [0.15, 0.2) is 0 Å². The van der Waals surface area contributed by atoms with E-state index in [2.05, 4.69) is 18.0 Å². The van der Waals surface area contributed by atoms with Crippen molar-refractivity contribution in [2.24, 2.45) is 0 Å². The van der Waals surface area contributed by atoms with Crippen molar-refractivity contribution in [2.45, 2.75) is 13.3 Å². The van der Waals surface area contributed by atoms with E-state index in [4.69, 9.17) is 0 Å². The number of hydrogen-bond donors (Lipinski definition) is 0. The summed E-state index contributed by atoms with van der Waals surface area (Å²) in [6.07, 6.45) is 2.28. The van der Waals surface area contributed by atoms with E-state index in [1.807, 2.05) is 0 Å². The molecule has 0 spiro atoms. The van der Waals surface area contributed by atoms with Gasteiger partial charge in [0.05, 0.1) is 0 Å². The fourth-order valence-corrected chi connectivity index (χ4v) is 0.806. The summed E-state index contributed by atoms with van der Waals surface area (Å²) >= 11 is 0. The Bertz CT molecular complexity index is 252. The maximum Gasteiger partial charge on any atom is 2.00 e. The molecule has 1 aromatic heterocycles. The summed E-state index contributed by atoms with van der Waals surface area (Å²) in [4.78, 5) is 14.0. The summed E-state index contributed by atoms with van der Waals surface area (Å²) in [5.74, 6) is 0. The number of hydrogen-bond acceptors (Lipinski definition) is 1. The van der Waals surface area contributed by atoms with Crippen LogP contribution in [0, 0.1) is 19.9 Å². The molecule has 13 heavy (non-hydrogen) atoms. The number of nitrogens with zero attached hydrogens (tertiary/aromatic N) is 1. The molecule has 0 saturated carbocycles. The molecule has 0 unspecified atom stereocenters. The zero-order valence-electron chi connectivity index (χ0n) is 7.46. The largest absolute Gasteiger partial charge is 2.00 e. The third-order valence-electron chi connectivity index (χ3n) is 1.24. The number of aryl methyl sites for hydroxylation is 1. The summed E-state index contributed by atoms with van der Waals surface area (Å²) in [6.45, 7) is 5.42. The predicted octanol–water partition coefficient (Wildman–Crippen LogP) is 0.579. The van der Waals surface area contributed by atoms with Crippen LogP contribution in [-0.4, -0.2) is 6.29 Å². The molecule has 0 aromatic carbocycles. The molecule has 0 saturated heterocycles. The average molecular weight is 471 g/mol. The molecular formula is C8H7NOWYZn-2. The van der Waals surface area contributed by atoms with E-state index in [-0.39, 0.29) is 73.3 Å². The molecule has 1 radical (unpaired) electrons. The topological polar surface area (TPSA) is 31.2 Å². The van der Waals surface area contributed by atoms with Crippen molar-refractivity contribution in [3.8, 4) is 0 Å². The third kappa shape index (κ3) is 5.73. The maximum absolute atomic E-state index is 10.2. The van der Waals surface area contributed by atoms with Gasteiger partial charge in [0, 0.05) is 53.8 Å². The minimum absolute atomic E-state index is 0. The second-order valence-corrected chi connectivity index (χ2v) is 2.00. The Hall–Kier alpha value is 1.37. The van der Waals surface area contributed by atoms with Gasteiger partial charge in [-0.1, -0.05) is 6.92 Å². The summed E-state index contributed by atoms with van der Waals surface area (Å²) in [5.41, 5.74) is 1.84. The van der Waals surface area contributed by atoms with Gasteiger partial charge in [0.25, 0.3) is 0 Å². The van der Waals surface area contributed by atoms with Crippen LogP contribution in [0.25, 0.3) is 0 Å². The molecule has 0 amide bonds. The molecule has 1 rings (SSSR count). The zero-order valence-corrected chi connectivity index (χ0v) is 16.2. The van der Waals surface area contributed by atoms with E-state index in [0.717, 1.165) is 11.3 Å². The minimum atomic E-state index is 0. The first-order chi connectivity index (χ1) is 4.77. The summed E-state index contributed by atoms with van der Waals surface area (Å²) < 4.78 is 0. The van der Waals surface area contributed by atoms with Gasteiger partial charge in [-0.3, -0.25) is 12.1 Å². The van der Waals surface area contributed by atoms with E-state index < -0.39 is 0 Å². The second kappa shape index (κ2) is 9.90. The minimum Gasteiger partial charge on any atom is -0.791 e. The second-order valence-electron chi connectivity index (χ2n) is 2.00. The average Bonchev–Trinajstić information content (AvgIpc) is 2.30. The van der Waals surface area contributed by atoms with Gasteiger partial charge in [0.1, 0.15) is 0 Å². The Morgan fingerprint density at radius 2 is 2.15 bits per heavy atom. The normalized spacial score (nSPS) is 7.54. The van der Waals surface area contributed by atoms with E-state index in [0.29, 0.717) is 12.1 Å². The molecule has 0 aliphatic carbocycles. The Labute approximate surface area is 131 Å². The molecule has 0 N–H and O–H groups in total. The molecule has 0 atom stereocenters. The Morgan fingerprint density at radius 3 is 2.46 bits per heavy atom. The van der Waals surface area contributed by atoms with Crippen LogP contribution >= 0.6 is 0 Å². The standard InChI is InChI=1S/C8H7NO.W.Y.Zn/c1-3-7-4-6(2)9-8(7)5-10;;;/h1,3H2,2H3;;;/q-4;;;+2. The molecule has 0 aliphatic rings. The van der Waals surface area contributed by atoms with Crippen molar-refractivity contribution in [2.75, 3.05) is 0 Å². The van der Waals surface area contributed by atoms with Crippen LogP contribution in [0.5, 0.6) is 0 Å². The van der Waals surface area contributed by atoms with Gasteiger partial charge in [-0.25, -0.2) is 0 Å². The monoisotopic (exact) mass is 470 g/mol. The molecule has 1 aromatic rings. The first-order valence-corrected chi connectivity index (χ1v) is 3.00. The molecule has 2 nitrogen and oxygen atoms in total. The van der Waals surface area contributed by atoms with Crippen LogP contribution < -0.4 is 4.98 Å². The van der Waals surface area contributed by atoms with E-state index in [1.165, 1.54) is 0 Å². The van der Waals surface area contributed by atoms with Gasteiger partial charge in [0.15, 0.2) is 0 Å². The Morgan fingerprint density at radius 1 is 1.62 bits per heavy atom. The molecule has 1 heterocycles. The van der Waals surface area contributed by atoms with Gasteiger partial charge in [-0.15, -0.1) is 6.29 Å². The van der Waals surface area contributed by atoms with E-state index in [9.17, 15) is 4.79 Å². The van der Waals surface area contributed by atoms with Crippen molar-refractivity contribution in [3.63, 3.8) is 0 Å². The molecular weight excluding hydrogens is 464 g/mol. The smallest absolute Gasteiger partial charge is 0.791 e. The summed E-state index contributed by atoms with van der Waals surface area (Å²) in [5, 5.41) is 0. The van der Waals surface area contributed by atoms with E-state index in [1.54, 1.807) is 13.2 Å². The predicted molar refractivity (Wildman–Crippen MR) is 37.2 cm³/mol. The van der Waals surface area contributed by atoms with Crippen LogP contribution in [-0.2, 0) is 84.5 Å². The van der Waals surface area contributed by atoms with Gasteiger partial charge < -0.3 is 34.0 Å². The van der Waals surface area contributed by atoms with Crippen LogP contribution in [0.2, 0.25) is 0 Å². The molecule has 0 bridgehead atoms. The zero-order chi connectivity index (χ0) is 7.56. The van der Waals surface area contributed by atoms with E-state index >= 15 is 0 Å². The van der Waals surface area contributed by atoms with Crippen molar-refractivity contribution in [1.82, 2.24) is 4.98 Å². The SMILES string of the molecule is [CH2-]Cc1[c-]c(C)[n-]c1[C-]=O.[W].[Y].[Zn+2]. The maximum atomic E-state index is 10.2. The fourth-order valence-electron chi connectivity index (χ4n) is 0.806. The molecule has 0 fully saturated rings. The Kier molecular flexibility index (Phi) is 15.1. The molecule has 63 valence electrons. The van der Waals surface area contributed by atoms with Crippen molar-refractivity contribution in [3.05, 3.63) is 29.9 Å². The third-order valence-corrected chi connectivity index (χ3v) is 1.24. The molecule has 5 heteroatoms. The summed E-state index contributed by atoms with van der Waals surface area (Å²) in [7, 11) is 0. The first-order valence-electron chi connectivity index (χ1n) is 3.00. The number of carbonyl (C=O) groups excluding carboxylic acids is 1.